The van der Waals surface area contributed by atoms with E-state index in [-0.39, 0.29) is 5.82 Å². The van der Waals surface area contributed by atoms with Gasteiger partial charge in [0.05, 0.1) is 12.7 Å². The molecule has 1 saturated carbocycles. The Labute approximate surface area is 154 Å². The number of halogens is 1. The minimum absolute atomic E-state index is 0.238. The van der Waals surface area contributed by atoms with Crippen molar-refractivity contribution in [2.75, 3.05) is 46.9 Å². The third-order valence-corrected chi connectivity index (χ3v) is 5.38. The van der Waals surface area contributed by atoms with Gasteiger partial charge in [-0.05, 0) is 37.5 Å². The zero-order chi connectivity index (χ0) is 18.6. The lowest BCUT2D eigenvalue weighted by atomic mass is 9.80. The quantitative estimate of drug-likeness (QED) is 0.612. The molecule has 1 aliphatic carbocycles. The molecule has 7 heteroatoms. The van der Waals surface area contributed by atoms with E-state index in [9.17, 15) is 9.50 Å². The molecule has 1 saturated heterocycles. The lowest BCUT2D eigenvalue weighted by Gasteiger charge is -2.40. The lowest BCUT2D eigenvalue weighted by Crippen LogP contribution is -2.55. The Morgan fingerprint density at radius 1 is 1.31 bits per heavy atom. The number of piperazine rings is 1. The summed E-state index contributed by atoms with van der Waals surface area (Å²) in [6, 6.07) is 4.65. The molecule has 0 bridgehead atoms. The van der Waals surface area contributed by atoms with E-state index in [1.807, 2.05) is 0 Å². The SMILES string of the molecule is CN=C(NCC1(O)CCC1)N1CCN(Cc2cc(F)ccc2OC)CC1. The number of methoxy groups -OCH3 is 1. The third kappa shape index (κ3) is 4.45. The predicted octanol–water partition coefficient (Wildman–Crippen LogP) is 1.44. The van der Waals surface area contributed by atoms with E-state index < -0.39 is 5.60 Å². The highest BCUT2D eigenvalue weighted by Crippen LogP contribution is 2.30. The predicted molar refractivity (Wildman–Crippen MR) is 100.0 cm³/mol. The van der Waals surface area contributed by atoms with Crippen molar-refractivity contribution in [1.29, 1.82) is 0 Å². The van der Waals surface area contributed by atoms with Crippen LogP contribution in [0.3, 0.4) is 0 Å². The molecule has 3 rings (SSSR count). The second kappa shape index (κ2) is 8.22. The second-order valence-corrected chi connectivity index (χ2v) is 7.20. The Morgan fingerprint density at radius 3 is 2.62 bits per heavy atom. The highest BCUT2D eigenvalue weighted by Gasteiger charge is 2.34. The molecule has 0 spiro atoms. The van der Waals surface area contributed by atoms with E-state index in [1.54, 1.807) is 26.3 Å². The zero-order valence-electron chi connectivity index (χ0n) is 15.7. The number of guanidine groups is 1. The highest BCUT2D eigenvalue weighted by molar-refractivity contribution is 5.80. The molecule has 2 N–H and O–H groups in total. The second-order valence-electron chi connectivity index (χ2n) is 7.20. The fourth-order valence-electron chi connectivity index (χ4n) is 3.57. The minimum atomic E-state index is -0.564. The fraction of sp³-hybridized carbons (Fsp3) is 0.632. The van der Waals surface area contributed by atoms with Crippen molar-refractivity contribution in [3.05, 3.63) is 29.6 Å². The van der Waals surface area contributed by atoms with Gasteiger partial charge in [-0.15, -0.1) is 0 Å². The maximum absolute atomic E-state index is 13.5. The Morgan fingerprint density at radius 2 is 2.04 bits per heavy atom. The van der Waals surface area contributed by atoms with Gasteiger partial charge >= 0.3 is 0 Å². The summed E-state index contributed by atoms with van der Waals surface area (Å²) < 4.78 is 18.9. The fourth-order valence-corrected chi connectivity index (χ4v) is 3.57. The summed E-state index contributed by atoms with van der Waals surface area (Å²) in [5.41, 5.74) is 0.307. The number of aliphatic hydroxyl groups is 1. The van der Waals surface area contributed by atoms with Gasteiger partial charge < -0.3 is 20.1 Å². The number of ether oxygens (including phenoxy) is 1. The highest BCUT2D eigenvalue weighted by atomic mass is 19.1. The van der Waals surface area contributed by atoms with Gasteiger partial charge in [-0.1, -0.05) is 0 Å². The van der Waals surface area contributed by atoms with Crippen LogP contribution in [0.1, 0.15) is 24.8 Å². The van der Waals surface area contributed by atoms with E-state index in [4.69, 9.17) is 4.74 Å². The third-order valence-electron chi connectivity index (χ3n) is 5.38. The number of benzene rings is 1. The van der Waals surface area contributed by atoms with Crippen molar-refractivity contribution in [3.63, 3.8) is 0 Å². The standard InChI is InChI=1S/C19H29FN4O2/c1-21-18(22-14-19(25)6-3-7-19)24-10-8-23(9-11-24)13-15-12-16(20)4-5-17(15)26-2/h4-5,12,25H,3,6-11,13-14H2,1-2H3,(H,21,22). The van der Waals surface area contributed by atoms with Crippen LogP contribution < -0.4 is 10.1 Å². The van der Waals surface area contributed by atoms with Crippen LogP contribution in [0.25, 0.3) is 0 Å². The van der Waals surface area contributed by atoms with Gasteiger partial charge in [-0.2, -0.15) is 0 Å². The summed E-state index contributed by atoms with van der Waals surface area (Å²) in [6.07, 6.45) is 2.82. The average Bonchev–Trinajstić information content (AvgIpc) is 2.62. The number of aliphatic imine (C=N–C) groups is 1. The number of nitrogens with zero attached hydrogens (tertiary/aromatic N) is 3. The van der Waals surface area contributed by atoms with Gasteiger partial charge in [-0.3, -0.25) is 9.89 Å². The maximum atomic E-state index is 13.5. The molecular weight excluding hydrogens is 335 g/mol. The van der Waals surface area contributed by atoms with E-state index in [1.165, 1.54) is 6.07 Å². The molecule has 2 fully saturated rings. The van der Waals surface area contributed by atoms with Crippen LogP contribution in [-0.4, -0.2) is 73.3 Å². The zero-order valence-corrected chi connectivity index (χ0v) is 15.7. The molecule has 1 aromatic carbocycles. The van der Waals surface area contributed by atoms with Gasteiger partial charge in [0.15, 0.2) is 5.96 Å². The maximum Gasteiger partial charge on any atom is 0.193 e. The lowest BCUT2D eigenvalue weighted by molar-refractivity contribution is -0.0284. The molecule has 6 nitrogen and oxygen atoms in total. The first kappa shape index (κ1) is 18.9. The molecule has 0 amide bonds. The van der Waals surface area contributed by atoms with E-state index >= 15 is 0 Å². The molecule has 0 unspecified atom stereocenters. The smallest absolute Gasteiger partial charge is 0.193 e. The van der Waals surface area contributed by atoms with Crippen LogP contribution in [0.4, 0.5) is 4.39 Å². The first-order chi connectivity index (χ1) is 12.5. The van der Waals surface area contributed by atoms with Crippen molar-refractivity contribution < 1.29 is 14.2 Å². The van der Waals surface area contributed by atoms with Crippen LogP contribution in [0.2, 0.25) is 0 Å². The normalized spacial score (nSPS) is 20.6. The van der Waals surface area contributed by atoms with Crippen molar-refractivity contribution in [1.82, 2.24) is 15.1 Å². The van der Waals surface area contributed by atoms with Crippen LogP contribution in [0.5, 0.6) is 5.75 Å². The van der Waals surface area contributed by atoms with Crippen molar-refractivity contribution in [2.45, 2.75) is 31.4 Å². The van der Waals surface area contributed by atoms with Gasteiger partial charge in [0, 0.05) is 51.9 Å². The molecule has 2 aliphatic rings. The molecular formula is C19H29FN4O2. The first-order valence-corrected chi connectivity index (χ1v) is 9.26. The number of hydrogen-bond acceptors (Lipinski definition) is 4. The molecule has 1 aromatic rings. The van der Waals surface area contributed by atoms with E-state index in [0.29, 0.717) is 13.1 Å². The summed E-state index contributed by atoms with van der Waals surface area (Å²) in [5, 5.41) is 13.6. The number of hydrogen-bond donors (Lipinski definition) is 2. The Kier molecular flexibility index (Phi) is 5.98. The van der Waals surface area contributed by atoms with Gasteiger partial charge in [-0.25, -0.2) is 4.39 Å². The topological polar surface area (TPSA) is 60.3 Å². The summed E-state index contributed by atoms with van der Waals surface area (Å²) in [7, 11) is 3.39. The first-order valence-electron chi connectivity index (χ1n) is 9.26. The molecule has 0 radical (unpaired) electrons. The summed E-state index contributed by atoms with van der Waals surface area (Å²) >= 11 is 0. The summed E-state index contributed by atoms with van der Waals surface area (Å²) in [5.74, 6) is 1.33. The summed E-state index contributed by atoms with van der Waals surface area (Å²) in [4.78, 5) is 8.86. The molecule has 1 heterocycles. The monoisotopic (exact) mass is 364 g/mol. The Bertz CT molecular complexity index is 640. The molecule has 144 valence electrons. The van der Waals surface area contributed by atoms with Crippen molar-refractivity contribution in [3.8, 4) is 5.75 Å². The van der Waals surface area contributed by atoms with Gasteiger partial charge in [0.2, 0.25) is 0 Å². The largest absolute Gasteiger partial charge is 0.496 e. The Hall–Kier alpha value is -1.86. The number of nitrogens with one attached hydrogen (secondary N) is 1. The molecule has 0 aromatic heterocycles. The van der Waals surface area contributed by atoms with Crippen LogP contribution in [-0.2, 0) is 6.54 Å². The van der Waals surface area contributed by atoms with E-state index in [0.717, 1.165) is 62.7 Å². The number of rotatable bonds is 5. The average molecular weight is 364 g/mol. The van der Waals surface area contributed by atoms with Crippen LogP contribution >= 0.6 is 0 Å². The van der Waals surface area contributed by atoms with Gasteiger partial charge in [0.25, 0.3) is 0 Å². The molecule has 26 heavy (non-hydrogen) atoms. The van der Waals surface area contributed by atoms with Crippen molar-refractivity contribution in [2.24, 2.45) is 4.99 Å². The molecule has 0 atom stereocenters. The Balaban J connectivity index is 1.51. The van der Waals surface area contributed by atoms with Crippen molar-refractivity contribution >= 4 is 5.96 Å². The van der Waals surface area contributed by atoms with E-state index in [2.05, 4.69) is 20.1 Å². The minimum Gasteiger partial charge on any atom is -0.496 e. The van der Waals surface area contributed by atoms with Gasteiger partial charge in [0.1, 0.15) is 11.6 Å². The van der Waals surface area contributed by atoms with Crippen LogP contribution in [0.15, 0.2) is 23.2 Å². The molecule has 1 aliphatic heterocycles. The summed E-state index contributed by atoms with van der Waals surface area (Å²) in [6.45, 7) is 4.64. The van der Waals surface area contributed by atoms with Crippen LogP contribution in [0, 0.1) is 5.82 Å².